The fourth-order valence-corrected chi connectivity index (χ4v) is 4.27. The van der Waals surface area contributed by atoms with E-state index in [0.29, 0.717) is 0 Å². The summed E-state index contributed by atoms with van der Waals surface area (Å²) in [4.78, 5) is 10.4. The Balaban J connectivity index is 1.50. The van der Waals surface area contributed by atoms with Gasteiger partial charge in [0.15, 0.2) is 0 Å². The van der Waals surface area contributed by atoms with Crippen LogP contribution < -0.4 is 4.90 Å². The van der Waals surface area contributed by atoms with Crippen molar-refractivity contribution in [1.82, 2.24) is 9.97 Å². The quantitative estimate of drug-likeness (QED) is 0.645. The first-order chi connectivity index (χ1) is 12.2. The molecule has 1 aromatic carbocycles. The molecule has 0 spiro atoms. The minimum Gasteiger partial charge on any atom is -0.371 e. The molecule has 3 nitrogen and oxygen atoms in total. The molecule has 0 bridgehead atoms. The summed E-state index contributed by atoms with van der Waals surface area (Å²) in [5.74, 6) is 0.602. The zero-order chi connectivity index (χ0) is 17.2. The maximum Gasteiger partial charge on any atom is 0.123 e. The lowest BCUT2D eigenvalue weighted by Crippen LogP contribution is -2.30. The number of aromatic amines is 1. The van der Waals surface area contributed by atoms with E-state index in [0.717, 1.165) is 40.5 Å². The molecule has 1 N–H and O–H groups in total. The van der Waals surface area contributed by atoms with E-state index < -0.39 is 0 Å². The highest BCUT2D eigenvalue weighted by Gasteiger charge is 2.14. The van der Waals surface area contributed by atoms with Gasteiger partial charge < -0.3 is 9.88 Å². The van der Waals surface area contributed by atoms with Crippen LogP contribution in [0.3, 0.4) is 0 Å². The second-order valence-electron chi connectivity index (χ2n) is 6.66. The molecule has 5 heteroatoms. The number of nitrogens with zero attached hydrogens (tertiary/aromatic N) is 2. The number of aryl methyl sites for hydroxylation is 1. The third kappa shape index (κ3) is 3.66. The molecule has 0 aliphatic carbocycles. The summed E-state index contributed by atoms with van der Waals surface area (Å²) in [6, 6.07) is 9.07. The van der Waals surface area contributed by atoms with Gasteiger partial charge in [0.2, 0.25) is 0 Å². The van der Waals surface area contributed by atoms with Gasteiger partial charge in [-0.2, -0.15) is 0 Å². The smallest absolute Gasteiger partial charge is 0.123 e. The Morgan fingerprint density at radius 2 is 2.00 bits per heavy atom. The van der Waals surface area contributed by atoms with Gasteiger partial charge in [0.25, 0.3) is 0 Å². The SMILES string of the molecule is Cc1cnc(CSc2cc3cc(F)ccc3[nH]2)cc1N1CCCCC1. The molecule has 25 heavy (non-hydrogen) atoms. The Morgan fingerprint density at radius 1 is 1.16 bits per heavy atom. The molecule has 4 rings (SSSR count). The van der Waals surface area contributed by atoms with Crippen LogP contribution in [-0.4, -0.2) is 23.1 Å². The summed E-state index contributed by atoms with van der Waals surface area (Å²) in [5.41, 5.74) is 4.62. The van der Waals surface area contributed by atoms with Crippen LogP contribution in [0, 0.1) is 12.7 Å². The lowest BCUT2D eigenvalue weighted by Gasteiger charge is -2.30. The highest BCUT2D eigenvalue weighted by atomic mass is 32.2. The third-order valence-electron chi connectivity index (χ3n) is 4.76. The van der Waals surface area contributed by atoms with Crippen molar-refractivity contribution < 1.29 is 4.39 Å². The number of pyridine rings is 1. The van der Waals surface area contributed by atoms with Crippen molar-refractivity contribution in [3.05, 3.63) is 53.6 Å². The average Bonchev–Trinajstić information content (AvgIpc) is 3.04. The Hall–Kier alpha value is -2.01. The maximum absolute atomic E-state index is 13.3. The molecule has 130 valence electrons. The monoisotopic (exact) mass is 355 g/mol. The molecule has 3 aromatic rings. The number of anilines is 1. The Labute approximate surface area is 151 Å². The largest absolute Gasteiger partial charge is 0.371 e. The van der Waals surface area contributed by atoms with Crippen LogP contribution in [0.5, 0.6) is 0 Å². The third-order valence-corrected chi connectivity index (χ3v) is 5.73. The maximum atomic E-state index is 13.3. The van der Waals surface area contributed by atoms with Gasteiger partial charge in [-0.15, -0.1) is 11.8 Å². The molecule has 0 saturated carbocycles. The topological polar surface area (TPSA) is 31.9 Å². The zero-order valence-electron chi connectivity index (χ0n) is 14.4. The number of thioether (sulfide) groups is 1. The normalized spacial score (nSPS) is 15.0. The Kier molecular flexibility index (Phi) is 4.66. The minimum atomic E-state index is -0.200. The van der Waals surface area contributed by atoms with Gasteiger partial charge in [0.05, 0.1) is 10.7 Å². The zero-order valence-corrected chi connectivity index (χ0v) is 15.2. The Bertz CT molecular complexity index is 884. The molecule has 1 aliphatic rings. The van der Waals surface area contributed by atoms with Gasteiger partial charge in [-0.1, -0.05) is 0 Å². The van der Waals surface area contributed by atoms with Crippen LogP contribution >= 0.6 is 11.8 Å². The van der Waals surface area contributed by atoms with Crippen LogP contribution in [0.4, 0.5) is 10.1 Å². The van der Waals surface area contributed by atoms with Gasteiger partial charge in [-0.05, 0) is 62.1 Å². The van der Waals surface area contributed by atoms with E-state index in [2.05, 4.69) is 27.9 Å². The van der Waals surface area contributed by atoms with E-state index in [1.807, 2.05) is 12.3 Å². The fraction of sp³-hybridized carbons (Fsp3) is 0.350. The lowest BCUT2D eigenvalue weighted by molar-refractivity contribution is 0.576. The van der Waals surface area contributed by atoms with Crippen molar-refractivity contribution in [1.29, 1.82) is 0 Å². The van der Waals surface area contributed by atoms with Crippen molar-refractivity contribution in [3.8, 4) is 0 Å². The van der Waals surface area contributed by atoms with E-state index in [-0.39, 0.29) is 5.82 Å². The summed E-state index contributed by atoms with van der Waals surface area (Å²) in [6.07, 6.45) is 5.87. The number of benzene rings is 1. The molecule has 0 amide bonds. The summed E-state index contributed by atoms with van der Waals surface area (Å²) < 4.78 is 13.3. The summed E-state index contributed by atoms with van der Waals surface area (Å²) in [7, 11) is 0. The molecule has 1 fully saturated rings. The summed E-state index contributed by atoms with van der Waals surface area (Å²) in [5, 5.41) is 1.95. The molecule has 0 unspecified atom stereocenters. The molecular formula is C20H22FN3S. The van der Waals surface area contributed by atoms with Gasteiger partial charge >= 0.3 is 0 Å². The highest BCUT2D eigenvalue weighted by molar-refractivity contribution is 7.98. The molecule has 0 radical (unpaired) electrons. The predicted molar refractivity (Wildman–Crippen MR) is 103 cm³/mol. The van der Waals surface area contributed by atoms with Crippen molar-refractivity contribution in [2.24, 2.45) is 0 Å². The van der Waals surface area contributed by atoms with Crippen molar-refractivity contribution >= 4 is 28.4 Å². The minimum absolute atomic E-state index is 0.200. The van der Waals surface area contributed by atoms with E-state index in [1.165, 1.54) is 36.6 Å². The number of fused-ring (bicyclic) bond motifs is 1. The van der Waals surface area contributed by atoms with E-state index in [1.54, 1.807) is 23.9 Å². The number of H-pyrrole nitrogens is 1. The van der Waals surface area contributed by atoms with Crippen molar-refractivity contribution in [2.75, 3.05) is 18.0 Å². The van der Waals surface area contributed by atoms with Crippen LogP contribution in [-0.2, 0) is 5.75 Å². The van der Waals surface area contributed by atoms with E-state index >= 15 is 0 Å². The second-order valence-corrected chi connectivity index (χ2v) is 7.68. The van der Waals surface area contributed by atoms with Crippen LogP contribution in [0.25, 0.3) is 10.9 Å². The molecule has 2 aromatic heterocycles. The van der Waals surface area contributed by atoms with Crippen LogP contribution in [0.1, 0.15) is 30.5 Å². The molecule has 3 heterocycles. The van der Waals surface area contributed by atoms with Crippen molar-refractivity contribution in [2.45, 2.75) is 37.0 Å². The molecule has 0 atom stereocenters. The van der Waals surface area contributed by atoms with Gasteiger partial charge in [-0.3, -0.25) is 4.98 Å². The number of piperidine rings is 1. The standard InChI is InChI=1S/C20H22FN3S/c1-14-12-22-17(11-19(14)24-7-3-2-4-8-24)13-25-20-10-15-9-16(21)5-6-18(15)23-20/h5-6,9-12,23H,2-4,7-8,13H2,1H3. The molecule has 1 aliphatic heterocycles. The first kappa shape index (κ1) is 16.5. The molecule has 1 saturated heterocycles. The summed E-state index contributed by atoms with van der Waals surface area (Å²) in [6.45, 7) is 4.43. The average molecular weight is 355 g/mol. The van der Waals surface area contributed by atoms with Crippen LogP contribution in [0.2, 0.25) is 0 Å². The number of nitrogens with one attached hydrogen (secondary N) is 1. The second kappa shape index (κ2) is 7.08. The molecular weight excluding hydrogens is 333 g/mol. The van der Waals surface area contributed by atoms with Gasteiger partial charge in [0.1, 0.15) is 5.82 Å². The van der Waals surface area contributed by atoms with Crippen LogP contribution in [0.15, 0.2) is 41.6 Å². The fourth-order valence-electron chi connectivity index (χ4n) is 3.42. The van der Waals surface area contributed by atoms with Gasteiger partial charge in [-0.25, -0.2) is 4.39 Å². The predicted octanol–water partition coefficient (Wildman–Crippen LogP) is 5.29. The summed E-state index contributed by atoms with van der Waals surface area (Å²) >= 11 is 1.71. The Morgan fingerprint density at radius 3 is 2.84 bits per heavy atom. The number of hydrogen-bond donors (Lipinski definition) is 1. The number of rotatable bonds is 4. The number of halogens is 1. The first-order valence-corrected chi connectivity index (χ1v) is 9.79. The number of aromatic nitrogens is 2. The van der Waals surface area contributed by atoms with Gasteiger partial charge in [0, 0.05) is 41.6 Å². The first-order valence-electron chi connectivity index (χ1n) is 8.80. The number of hydrogen-bond acceptors (Lipinski definition) is 3. The van der Waals surface area contributed by atoms with E-state index in [4.69, 9.17) is 0 Å². The highest BCUT2D eigenvalue weighted by Crippen LogP contribution is 2.29. The van der Waals surface area contributed by atoms with Crippen molar-refractivity contribution in [3.63, 3.8) is 0 Å². The van der Waals surface area contributed by atoms with E-state index in [9.17, 15) is 4.39 Å². The lowest BCUT2D eigenvalue weighted by atomic mass is 10.1.